The summed E-state index contributed by atoms with van der Waals surface area (Å²) in [6.07, 6.45) is 3.31. The molecule has 0 saturated heterocycles. The topological polar surface area (TPSA) is 56.1 Å². The van der Waals surface area contributed by atoms with Gasteiger partial charge in [0.1, 0.15) is 11.6 Å². The highest BCUT2D eigenvalue weighted by Gasteiger charge is 2.24. The van der Waals surface area contributed by atoms with E-state index in [9.17, 15) is 10.1 Å². The second-order valence-electron chi connectivity index (χ2n) is 5.96. The molecule has 1 amide bonds. The number of nitrogens with zero attached hydrogens (tertiary/aromatic N) is 2. The summed E-state index contributed by atoms with van der Waals surface area (Å²) in [4.78, 5) is 14.5. The first-order valence-corrected chi connectivity index (χ1v) is 8.50. The first-order valence-electron chi connectivity index (χ1n) is 8.13. The zero-order valence-corrected chi connectivity index (χ0v) is 14.7. The van der Waals surface area contributed by atoms with Gasteiger partial charge in [-0.3, -0.25) is 4.79 Å². The zero-order chi connectivity index (χ0) is 17.8. The summed E-state index contributed by atoms with van der Waals surface area (Å²) in [6, 6.07) is 15.3. The Labute approximate surface area is 152 Å². The van der Waals surface area contributed by atoms with Crippen molar-refractivity contribution in [2.75, 3.05) is 16.8 Å². The molecule has 0 unspecified atom stereocenters. The van der Waals surface area contributed by atoms with Crippen LogP contribution >= 0.6 is 11.6 Å². The van der Waals surface area contributed by atoms with Crippen LogP contribution in [0.1, 0.15) is 17.5 Å². The third-order valence-corrected chi connectivity index (χ3v) is 4.50. The molecule has 3 rings (SSSR count). The Bertz CT molecular complexity index is 883. The number of halogens is 1. The Kier molecular flexibility index (Phi) is 5.06. The third kappa shape index (κ3) is 3.67. The number of hydrogen-bond donors (Lipinski definition) is 1. The van der Waals surface area contributed by atoms with E-state index in [1.54, 1.807) is 11.0 Å². The van der Waals surface area contributed by atoms with Crippen molar-refractivity contribution in [2.24, 2.45) is 0 Å². The van der Waals surface area contributed by atoms with E-state index < -0.39 is 0 Å². The molecule has 1 aliphatic heterocycles. The number of aryl methyl sites for hydroxylation is 2. The molecule has 126 valence electrons. The minimum atomic E-state index is -0.284. The second kappa shape index (κ2) is 7.42. The number of nitrogens with one attached hydrogen (secondary N) is 1. The van der Waals surface area contributed by atoms with Crippen LogP contribution in [0.5, 0.6) is 0 Å². The molecule has 2 aromatic rings. The van der Waals surface area contributed by atoms with Crippen molar-refractivity contribution in [2.45, 2.75) is 19.8 Å². The molecular weight excluding hydrogens is 334 g/mol. The van der Waals surface area contributed by atoms with Gasteiger partial charge in [0.2, 0.25) is 0 Å². The fourth-order valence-corrected chi connectivity index (χ4v) is 3.20. The van der Waals surface area contributed by atoms with E-state index in [0.717, 1.165) is 35.3 Å². The number of amides is 1. The van der Waals surface area contributed by atoms with Crippen LogP contribution in [0.4, 0.5) is 11.4 Å². The number of para-hydroxylation sites is 1. The number of hydrogen-bond acceptors (Lipinski definition) is 3. The molecule has 1 N–H and O–H groups in total. The van der Waals surface area contributed by atoms with Gasteiger partial charge in [-0.25, -0.2) is 0 Å². The fraction of sp³-hybridized carbons (Fsp3) is 0.200. The average Bonchev–Trinajstić information content (AvgIpc) is 2.63. The van der Waals surface area contributed by atoms with Crippen LogP contribution < -0.4 is 10.2 Å². The molecule has 0 saturated carbocycles. The molecule has 0 aromatic heterocycles. The van der Waals surface area contributed by atoms with Crippen molar-refractivity contribution in [3.63, 3.8) is 0 Å². The lowest BCUT2D eigenvalue weighted by Gasteiger charge is -2.29. The highest BCUT2D eigenvalue weighted by atomic mass is 35.5. The normalized spacial score (nSPS) is 13.8. The minimum Gasteiger partial charge on any atom is -0.360 e. The molecule has 25 heavy (non-hydrogen) atoms. The monoisotopic (exact) mass is 351 g/mol. The standard InChI is InChI=1S/C20H18ClN3O/c1-14-11-17(21)8-9-18(14)23-13-16(12-22)20(25)24-10-4-6-15-5-2-3-7-19(15)24/h2-3,5,7-9,11,13,23H,4,6,10H2,1H3/b16-13-. The molecule has 4 nitrogen and oxygen atoms in total. The first kappa shape index (κ1) is 17.1. The number of anilines is 2. The van der Waals surface area contributed by atoms with Crippen LogP contribution in [0.15, 0.2) is 54.2 Å². The number of nitriles is 1. The molecule has 5 heteroatoms. The summed E-state index contributed by atoms with van der Waals surface area (Å²) in [5.74, 6) is -0.284. The predicted molar refractivity (Wildman–Crippen MR) is 101 cm³/mol. The van der Waals surface area contributed by atoms with Gasteiger partial charge in [0.05, 0.1) is 0 Å². The van der Waals surface area contributed by atoms with Crippen molar-refractivity contribution < 1.29 is 4.79 Å². The van der Waals surface area contributed by atoms with Crippen LogP contribution in [0.3, 0.4) is 0 Å². The molecule has 0 spiro atoms. The lowest BCUT2D eigenvalue weighted by Crippen LogP contribution is -2.36. The van der Waals surface area contributed by atoms with Gasteiger partial charge in [-0.2, -0.15) is 5.26 Å². The largest absolute Gasteiger partial charge is 0.360 e. The smallest absolute Gasteiger partial charge is 0.270 e. The van der Waals surface area contributed by atoms with Crippen LogP contribution in [0, 0.1) is 18.3 Å². The Morgan fingerprint density at radius 2 is 2.12 bits per heavy atom. The van der Waals surface area contributed by atoms with E-state index in [1.165, 1.54) is 6.20 Å². The van der Waals surface area contributed by atoms with Gasteiger partial charge in [0.25, 0.3) is 5.91 Å². The highest BCUT2D eigenvalue weighted by molar-refractivity contribution is 6.30. The van der Waals surface area contributed by atoms with E-state index >= 15 is 0 Å². The number of carbonyl (C=O) groups is 1. The number of rotatable bonds is 3. The quantitative estimate of drug-likeness (QED) is 0.656. The lowest BCUT2D eigenvalue weighted by atomic mass is 10.0. The van der Waals surface area contributed by atoms with E-state index in [2.05, 4.69) is 5.32 Å². The van der Waals surface area contributed by atoms with Crippen molar-refractivity contribution in [1.29, 1.82) is 5.26 Å². The molecule has 0 aliphatic carbocycles. The van der Waals surface area contributed by atoms with E-state index in [0.29, 0.717) is 11.6 Å². The van der Waals surface area contributed by atoms with Crippen LogP contribution in [0.2, 0.25) is 5.02 Å². The summed E-state index contributed by atoms with van der Waals surface area (Å²) in [6.45, 7) is 2.53. The van der Waals surface area contributed by atoms with E-state index in [-0.39, 0.29) is 11.5 Å². The van der Waals surface area contributed by atoms with E-state index in [1.807, 2.05) is 49.4 Å². The Morgan fingerprint density at radius 1 is 1.32 bits per heavy atom. The van der Waals surface area contributed by atoms with E-state index in [4.69, 9.17) is 11.6 Å². The lowest BCUT2D eigenvalue weighted by molar-refractivity contribution is -0.114. The fourth-order valence-electron chi connectivity index (χ4n) is 2.97. The average molecular weight is 352 g/mol. The second-order valence-corrected chi connectivity index (χ2v) is 6.40. The molecule has 0 fully saturated rings. The molecule has 0 atom stereocenters. The third-order valence-electron chi connectivity index (χ3n) is 4.27. The Balaban J connectivity index is 1.84. The first-order chi connectivity index (χ1) is 12.1. The maximum atomic E-state index is 12.8. The van der Waals surface area contributed by atoms with Gasteiger partial charge in [-0.05, 0) is 55.2 Å². The van der Waals surface area contributed by atoms with Gasteiger partial charge in [-0.15, -0.1) is 0 Å². The van der Waals surface area contributed by atoms with Gasteiger partial charge in [0, 0.05) is 29.1 Å². The number of carbonyl (C=O) groups excluding carboxylic acids is 1. The van der Waals surface area contributed by atoms with Crippen molar-refractivity contribution in [3.05, 3.63) is 70.4 Å². The highest BCUT2D eigenvalue weighted by Crippen LogP contribution is 2.28. The molecule has 0 radical (unpaired) electrons. The van der Waals surface area contributed by atoms with Gasteiger partial charge >= 0.3 is 0 Å². The Morgan fingerprint density at radius 3 is 2.88 bits per heavy atom. The van der Waals surface area contributed by atoms with Gasteiger partial charge in [0.15, 0.2) is 0 Å². The molecule has 1 aliphatic rings. The predicted octanol–water partition coefficient (Wildman–Crippen LogP) is 4.45. The maximum absolute atomic E-state index is 12.8. The van der Waals surface area contributed by atoms with Crippen LogP contribution in [-0.4, -0.2) is 12.5 Å². The number of benzene rings is 2. The Hall–Kier alpha value is -2.77. The van der Waals surface area contributed by atoms with Crippen molar-refractivity contribution in [3.8, 4) is 6.07 Å². The summed E-state index contributed by atoms with van der Waals surface area (Å²) >= 11 is 5.95. The SMILES string of the molecule is Cc1cc(Cl)ccc1N/C=C(/C#N)C(=O)N1CCCc2ccccc21. The molecule has 1 heterocycles. The zero-order valence-electron chi connectivity index (χ0n) is 13.9. The van der Waals surface area contributed by atoms with Crippen LogP contribution in [0.25, 0.3) is 0 Å². The van der Waals surface area contributed by atoms with Crippen LogP contribution in [-0.2, 0) is 11.2 Å². The summed E-state index contributed by atoms with van der Waals surface area (Å²) in [7, 11) is 0. The molecular formula is C20H18ClN3O. The van der Waals surface area contributed by atoms with Gasteiger partial charge < -0.3 is 10.2 Å². The van der Waals surface area contributed by atoms with Crippen molar-refractivity contribution in [1.82, 2.24) is 0 Å². The minimum absolute atomic E-state index is 0.0750. The summed E-state index contributed by atoms with van der Waals surface area (Å²) < 4.78 is 0. The molecule has 0 bridgehead atoms. The summed E-state index contributed by atoms with van der Waals surface area (Å²) in [5, 5.41) is 13.1. The van der Waals surface area contributed by atoms with Crippen molar-refractivity contribution >= 4 is 28.9 Å². The molecule has 2 aromatic carbocycles. The summed E-state index contributed by atoms with van der Waals surface area (Å²) in [5.41, 5.74) is 3.86. The number of fused-ring (bicyclic) bond motifs is 1. The van der Waals surface area contributed by atoms with Gasteiger partial charge in [-0.1, -0.05) is 29.8 Å². The maximum Gasteiger partial charge on any atom is 0.270 e.